The maximum Gasteiger partial charge on any atom is 0.292 e. The molecule has 0 bridgehead atoms. The largest absolute Gasteiger partial charge is 0.381 e. The van der Waals surface area contributed by atoms with Crippen LogP contribution in [0.5, 0.6) is 0 Å². The Morgan fingerprint density at radius 2 is 2.25 bits per heavy atom. The monoisotopic (exact) mass is 224 g/mol. The van der Waals surface area contributed by atoms with E-state index in [0.29, 0.717) is 5.76 Å². The Morgan fingerprint density at radius 3 is 2.75 bits per heavy atom. The zero-order valence-electron chi connectivity index (χ0n) is 9.60. The van der Waals surface area contributed by atoms with Crippen LogP contribution in [0, 0.1) is 6.92 Å². The van der Waals surface area contributed by atoms with Gasteiger partial charge in [0.05, 0.1) is 11.8 Å². The number of carbonyl (C=O) groups is 1. The van der Waals surface area contributed by atoms with Crippen molar-refractivity contribution in [3.8, 4) is 0 Å². The Kier molecular flexibility index (Phi) is 3.24. The van der Waals surface area contributed by atoms with Gasteiger partial charge in [0.1, 0.15) is 0 Å². The summed E-state index contributed by atoms with van der Waals surface area (Å²) >= 11 is 0. The minimum atomic E-state index is -0.0739. The number of likely N-dealkylation sites (tertiary alicyclic amines) is 1. The number of amides is 1. The Hall–Kier alpha value is -1.36. The molecular weight excluding hydrogens is 208 g/mol. The number of hydrogen-bond donors (Lipinski definition) is 0. The topological polar surface area (TPSA) is 55.6 Å². The van der Waals surface area contributed by atoms with Crippen molar-refractivity contribution >= 4 is 5.91 Å². The molecule has 1 aromatic rings. The van der Waals surface area contributed by atoms with Gasteiger partial charge in [-0.2, -0.15) is 0 Å². The first-order valence-corrected chi connectivity index (χ1v) is 5.46. The van der Waals surface area contributed by atoms with Crippen molar-refractivity contribution in [1.29, 1.82) is 0 Å². The summed E-state index contributed by atoms with van der Waals surface area (Å²) in [5.74, 6) is 0.253. The number of piperidine rings is 1. The van der Waals surface area contributed by atoms with Crippen LogP contribution in [0.2, 0.25) is 0 Å². The third kappa shape index (κ3) is 2.24. The summed E-state index contributed by atoms with van der Waals surface area (Å²) in [4.78, 5) is 13.7. The second-order valence-electron chi connectivity index (χ2n) is 4.06. The lowest BCUT2D eigenvalue weighted by molar-refractivity contribution is 0.0330. The molecule has 2 rings (SSSR count). The number of carbonyl (C=O) groups excluding carboxylic acids is 1. The lowest BCUT2D eigenvalue weighted by Crippen LogP contribution is -2.40. The molecule has 16 heavy (non-hydrogen) atoms. The molecule has 0 aromatic carbocycles. The highest BCUT2D eigenvalue weighted by atomic mass is 16.5. The van der Waals surface area contributed by atoms with E-state index >= 15 is 0 Å². The number of ether oxygens (including phenoxy) is 1. The summed E-state index contributed by atoms with van der Waals surface area (Å²) in [5.41, 5.74) is 0.732. The van der Waals surface area contributed by atoms with Crippen molar-refractivity contribution in [2.45, 2.75) is 25.9 Å². The van der Waals surface area contributed by atoms with Gasteiger partial charge in [0.2, 0.25) is 5.76 Å². The van der Waals surface area contributed by atoms with Crippen LogP contribution < -0.4 is 0 Å². The van der Waals surface area contributed by atoms with Crippen LogP contribution in [0.4, 0.5) is 0 Å². The van der Waals surface area contributed by atoms with Crippen LogP contribution in [0.15, 0.2) is 10.6 Å². The molecule has 0 saturated carbocycles. The fourth-order valence-corrected chi connectivity index (χ4v) is 1.91. The molecule has 1 saturated heterocycles. The highest BCUT2D eigenvalue weighted by Crippen LogP contribution is 2.16. The molecule has 0 radical (unpaired) electrons. The zero-order chi connectivity index (χ0) is 11.5. The molecule has 0 unspecified atom stereocenters. The molecule has 1 amide bonds. The Balaban J connectivity index is 1.96. The van der Waals surface area contributed by atoms with Crippen LogP contribution in [-0.2, 0) is 4.74 Å². The van der Waals surface area contributed by atoms with E-state index in [9.17, 15) is 4.79 Å². The Labute approximate surface area is 94.3 Å². The van der Waals surface area contributed by atoms with Crippen molar-refractivity contribution < 1.29 is 14.1 Å². The van der Waals surface area contributed by atoms with Crippen molar-refractivity contribution in [3.63, 3.8) is 0 Å². The maximum atomic E-state index is 12.0. The molecule has 88 valence electrons. The molecular formula is C11H16N2O3. The Bertz CT molecular complexity index is 367. The van der Waals surface area contributed by atoms with Gasteiger partial charge in [-0.05, 0) is 19.8 Å². The first-order valence-electron chi connectivity index (χ1n) is 5.46. The average Bonchev–Trinajstić information content (AvgIpc) is 2.75. The highest BCUT2D eigenvalue weighted by Gasteiger charge is 2.25. The van der Waals surface area contributed by atoms with Crippen molar-refractivity contribution in [2.24, 2.45) is 0 Å². The van der Waals surface area contributed by atoms with Gasteiger partial charge in [-0.15, -0.1) is 0 Å². The second kappa shape index (κ2) is 4.65. The Morgan fingerprint density at radius 1 is 1.56 bits per heavy atom. The van der Waals surface area contributed by atoms with Crippen LogP contribution >= 0.6 is 0 Å². The minimum Gasteiger partial charge on any atom is -0.381 e. The standard InChI is InChI=1S/C11H16N2O3/c1-8-7-10(16-12-8)11(14)13-5-3-9(15-2)4-6-13/h7,9H,3-6H2,1-2H3. The third-order valence-electron chi connectivity index (χ3n) is 2.90. The lowest BCUT2D eigenvalue weighted by atomic mass is 10.1. The molecule has 1 fully saturated rings. The van der Waals surface area contributed by atoms with Crippen LogP contribution in [0.1, 0.15) is 29.1 Å². The van der Waals surface area contributed by atoms with E-state index in [2.05, 4.69) is 5.16 Å². The minimum absolute atomic E-state index is 0.0739. The van der Waals surface area contributed by atoms with Gasteiger partial charge in [0.25, 0.3) is 5.91 Å². The van der Waals surface area contributed by atoms with Crippen molar-refractivity contribution in [3.05, 3.63) is 17.5 Å². The van der Waals surface area contributed by atoms with Gasteiger partial charge in [0.15, 0.2) is 0 Å². The van der Waals surface area contributed by atoms with Gasteiger partial charge in [-0.25, -0.2) is 0 Å². The SMILES string of the molecule is COC1CCN(C(=O)c2cc(C)no2)CC1. The van der Waals surface area contributed by atoms with E-state index in [-0.39, 0.29) is 12.0 Å². The normalized spacial score (nSPS) is 17.8. The van der Waals surface area contributed by atoms with Crippen molar-refractivity contribution in [1.82, 2.24) is 10.1 Å². The van der Waals surface area contributed by atoms with Crippen LogP contribution in [-0.4, -0.2) is 42.3 Å². The predicted molar refractivity (Wildman–Crippen MR) is 57.2 cm³/mol. The number of rotatable bonds is 2. The molecule has 0 spiro atoms. The zero-order valence-corrected chi connectivity index (χ0v) is 9.60. The van der Waals surface area contributed by atoms with Crippen LogP contribution in [0.25, 0.3) is 0 Å². The number of aryl methyl sites for hydroxylation is 1. The molecule has 0 aliphatic carbocycles. The number of hydrogen-bond acceptors (Lipinski definition) is 4. The van der Waals surface area contributed by atoms with Crippen LogP contribution in [0.3, 0.4) is 0 Å². The number of nitrogens with zero attached hydrogens (tertiary/aromatic N) is 2. The van der Waals surface area contributed by atoms with Gasteiger partial charge in [0, 0.05) is 26.3 Å². The third-order valence-corrected chi connectivity index (χ3v) is 2.90. The van der Waals surface area contributed by atoms with Crippen molar-refractivity contribution in [2.75, 3.05) is 20.2 Å². The molecule has 2 heterocycles. The van der Waals surface area contributed by atoms with E-state index in [0.717, 1.165) is 31.6 Å². The first kappa shape index (κ1) is 11.1. The fourth-order valence-electron chi connectivity index (χ4n) is 1.91. The molecule has 5 heteroatoms. The summed E-state index contributed by atoms with van der Waals surface area (Å²) in [6.07, 6.45) is 2.05. The molecule has 0 N–H and O–H groups in total. The van der Waals surface area contributed by atoms with E-state index in [1.165, 1.54) is 0 Å². The number of aromatic nitrogens is 1. The first-order chi connectivity index (χ1) is 7.70. The van der Waals surface area contributed by atoms with Gasteiger partial charge >= 0.3 is 0 Å². The van der Waals surface area contributed by atoms with E-state index in [1.807, 2.05) is 0 Å². The summed E-state index contributed by atoms with van der Waals surface area (Å²) in [7, 11) is 1.71. The molecule has 1 aromatic heterocycles. The lowest BCUT2D eigenvalue weighted by Gasteiger charge is -2.30. The summed E-state index contributed by atoms with van der Waals surface area (Å²) in [6, 6.07) is 1.67. The van der Waals surface area contributed by atoms with E-state index < -0.39 is 0 Å². The van der Waals surface area contributed by atoms with E-state index in [4.69, 9.17) is 9.26 Å². The summed E-state index contributed by atoms with van der Waals surface area (Å²) < 4.78 is 10.2. The van der Waals surface area contributed by atoms with E-state index in [1.54, 1.807) is 25.0 Å². The van der Waals surface area contributed by atoms with Gasteiger partial charge in [-0.1, -0.05) is 5.16 Å². The maximum absolute atomic E-state index is 12.0. The quantitative estimate of drug-likeness (QED) is 0.758. The smallest absolute Gasteiger partial charge is 0.292 e. The highest BCUT2D eigenvalue weighted by molar-refractivity contribution is 5.91. The van der Waals surface area contributed by atoms with Gasteiger partial charge < -0.3 is 14.2 Å². The molecule has 1 aliphatic rings. The fraction of sp³-hybridized carbons (Fsp3) is 0.636. The second-order valence-corrected chi connectivity index (χ2v) is 4.06. The molecule has 0 atom stereocenters. The molecule has 5 nitrogen and oxygen atoms in total. The number of methoxy groups -OCH3 is 1. The summed E-state index contributed by atoms with van der Waals surface area (Å²) in [6.45, 7) is 3.24. The average molecular weight is 224 g/mol. The molecule has 1 aliphatic heterocycles. The predicted octanol–water partition coefficient (Wildman–Crippen LogP) is 1.23. The summed E-state index contributed by atoms with van der Waals surface area (Å²) in [5, 5.41) is 3.72. The van der Waals surface area contributed by atoms with Gasteiger partial charge in [-0.3, -0.25) is 4.79 Å².